The van der Waals surface area contributed by atoms with E-state index >= 15 is 0 Å². The summed E-state index contributed by atoms with van der Waals surface area (Å²) in [6.07, 6.45) is 0.946. The lowest BCUT2D eigenvalue weighted by atomic mass is 10.1. The summed E-state index contributed by atoms with van der Waals surface area (Å²) < 4.78 is 4.81. The van der Waals surface area contributed by atoms with Crippen LogP contribution in [-0.2, 0) is 16.1 Å². The van der Waals surface area contributed by atoms with Crippen molar-refractivity contribution in [2.45, 2.75) is 19.9 Å². The number of carbonyl (C=O) groups excluding carboxylic acids is 2. The molecule has 21 heavy (non-hydrogen) atoms. The normalized spacial score (nSPS) is 10.5. The summed E-state index contributed by atoms with van der Waals surface area (Å²) in [5.41, 5.74) is 1.43. The number of rotatable bonds is 7. The van der Waals surface area contributed by atoms with Crippen LogP contribution >= 0.6 is 0 Å². The van der Waals surface area contributed by atoms with Gasteiger partial charge < -0.3 is 9.64 Å². The van der Waals surface area contributed by atoms with Crippen molar-refractivity contribution in [3.05, 3.63) is 35.4 Å². The van der Waals surface area contributed by atoms with Crippen molar-refractivity contribution < 1.29 is 14.3 Å². The Kier molecular flexibility index (Phi) is 6.88. The lowest BCUT2D eigenvalue weighted by Gasteiger charge is -2.23. The molecular weight excluding hydrogens is 268 g/mol. The molecular formula is C16H24N2O3. The predicted molar refractivity (Wildman–Crippen MR) is 82.0 cm³/mol. The fraction of sp³-hybridized carbons (Fsp3) is 0.500. The molecule has 116 valence electrons. The number of hydrogen-bond acceptors (Lipinski definition) is 4. The first-order valence-electron chi connectivity index (χ1n) is 7.08. The van der Waals surface area contributed by atoms with Crippen molar-refractivity contribution in [2.75, 3.05) is 34.3 Å². The number of ether oxygens (including phenoxy) is 1. The zero-order chi connectivity index (χ0) is 15.8. The summed E-state index contributed by atoms with van der Waals surface area (Å²) in [5.74, 6) is -0.292. The first kappa shape index (κ1) is 17.2. The van der Waals surface area contributed by atoms with Crippen LogP contribution in [0.3, 0.4) is 0 Å². The van der Waals surface area contributed by atoms with Gasteiger partial charge in [0.2, 0.25) is 5.91 Å². The van der Waals surface area contributed by atoms with Crippen LogP contribution in [-0.4, -0.2) is 56.0 Å². The van der Waals surface area contributed by atoms with E-state index in [0.29, 0.717) is 18.7 Å². The molecule has 0 aliphatic heterocycles. The van der Waals surface area contributed by atoms with Gasteiger partial charge in [-0.05, 0) is 24.6 Å². The Morgan fingerprint density at radius 3 is 2.43 bits per heavy atom. The third-order valence-electron chi connectivity index (χ3n) is 3.21. The molecule has 0 spiro atoms. The average Bonchev–Trinajstić information content (AvgIpc) is 2.47. The van der Waals surface area contributed by atoms with E-state index in [9.17, 15) is 9.59 Å². The van der Waals surface area contributed by atoms with Crippen LogP contribution in [0.1, 0.15) is 29.3 Å². The molecule has 1 rings (SSSR count). The second-order valence-corrected chi connectivity index (χ2v) is 5.15. The molecule has 0 bridgehead atoms. The van der Waals surface area contributed by atoms with Gasteiger partial charge in [-0.15, -0.1) is 0 Å². The third-order valence-corrected chi connectivity index (χ3v) is 3.21. The van der Waals surface area contributed by atoms with E-state index in [1.807, 2.05) is 23.1 Å². The first-order chi connectivity index (χ1) is 9.99. The summed E-state index contributed by atoms with van der Waals surface area (Å²) in [5, 5.41) is 0. The van der Waals surface area contributed by atoms with E-state index in [0.717, 1.165) is 18.5 Å². The molecule has 0 atom stereocenters. The molecule has 0 aliphatic carbocycles. The highest BCUT2D eigenvalue weighted by atomic mass is 16.5. The van der Waals surface area contributed by atoms with Crippen LogP contribution in [0.5, 0.6) is 0 Å². The highest BCUT2D eigenvalue weighted by Crippen LogP contribution is 2.13. The van der Waals surface area contributed by atoms with Gasteiger partial charge in [-0.25, -0.2) is 4.79 Å². The molecule has 0 heterocycles. The van der Waals surface area contributed by atoms with Gasteiger partial charge >= 0.3 is 5.97 Å². The molecule has 1 aromatic carbocycles. The standard InChI is InChI=1S/C16H24N2O3/c1-5-10-18(12-15(19)17(2)3)11-13-8-6-7-9-14(13)16(20)21-4/h6-9H,5,10-12H2,1-4H3. The number of amides is 1. The fourth-order valence-corrected chi connectivity index (χ4v) is 2.07. The molecule has 0 radical (unpaired) electrons. The monoisotopic (exact) mass is 292 g/mol. The van der Waals surface area contributed by atoms with Crippen molar-refractivity contribution in [1.29, 1.82) is 0 Å². The Balaban J connectivity index is 2.88. The lowest BCUT2D eigenvalue weighted by molar-refractivity contribution is -0.130. The number of methoxy groups -OCH3 is 1. The minimum absolute atomic E-state index is 0.0546. The molecule has 5 nitrogen and oxygen atoms in total. The van der Waals surface area contributed by atoms with Crippen molar-refractivity contribution in [3.63, 3.8) is 0 Å². The Morgan fingerprint density at radius 2 is 1.86 bits per heavy atom. The summed E-state index contributed by atoms with van der Waals surface area (Å²) in [6.45, 7) is 3.77. The first-order valence-corrected chi connectivity index (χ1v) is 7.08. The number of carbonyl (C=O) groups is 2. The minimum atomic E-state index is -0.346. The van der Waals surface area contributed by atoms with Crippen LogP contribution < -0.4 is 0 Å². The van der Waals surface area contributed by atoms with Crippen molar-refractivity contribution in [3.8, 4) is 0 Å². The number of nitrogens with zero attached hydrogens (tertiary/aromatic N) is 2. The molecule has 0 saturated heterocycles. The van der Waals surface area contributed by atoms with Gasteiger partial charge in [-0.3, -0.25) is 9.69 Å². The molecule has 1 amide bonds. The quantitative estimate of drug-likeness (QED) is 0.719. The maximum absolute atomic E-state index is 11.9. The minimum Gasteiger partial charge on any atom is -0.465 e. The van der Waals surface area contributed by atoms with Gasteiger partial charge in [0.05, 0.1) is 19.2 Å². The molecule has 0 N–H and O–H groups in total. The van der Waals surface area contributed by atoms with Crippen LogP contribution in [0.25, 0.3) is 0 Å². The van der Waals surface area contributed by atoms with Crippen molar-refractivity contribution >= 4 is 11.9 Å². The summed E-state index contributed by atoms with van der Waals surface area (Å²) in [7, 11) is 4.86. The molecule has 0 aromatic heterocycles. The zero-order valence-electron chi connectivity index (χ0n) is 13.3. The lowest BCUT2D eigenvalue weighted by Crippen LogP contribution is -2.37. The Bertz CT molecular complexity index is 486. The van der Waals surface area contributed by atoms with Crippen LogP contribution in [0, 0.1) is 0 Å². The van der Waals surface area contributed by atoms with Gasteiger partial charge in [-0.2, -0.15) is 0 Å². The van der Waals surface area contributed by atoms with E-state index in [2.05, 4.69) is 6.92 Å². The number of benzene rings is 1. The van der Waals surface area contributed by atoms with Crippen LogP contribution in [0.15, 0.2) is 24.3 Å². The van der Waals surface area contributed by atoms with E-state index in [1.165, 1.54) is 7.11 Å². The molecule has 0 fully saturated rings. The van der Waals surface area contributed by atoms with Gasteiger partial charge in [-0.1, -0.05) is 25.1 Å². The van der Waals surface area contributed by atoms with Gasteiger partial charge in [0, 0.05) is 20.6 Å². The number of likely N-dealkylation sites (N-methyl/N-ethyl adjacent to an activating group) is 1. The van der Waals surface area contributed by atoms with Gasteiger partial charge in [0.15, 0.2) is 0 Å². The maximum Gasteiger partial charge on any atom is 0.338 e. The van der Waals surface area contributed by atoms with E-state index in [4.69, 9.17) is 4.74 Å². The largest absolute Gasteiger partial charge is 0.465 e. The number of esters is 1. The van der Waals surface area contributed by atoms with E-state index < -0.39 is 0 Å². The SMILES string of the molecule is CCCN(CC(=O)N(C)C)Cc1ccccc1C(=O)OC. The van der Waals surface area contributed by atoms with E-state index in [1.54, 1.807) is 25.1 Å². The van der Waals surface area contributed by atoms with Gasteiger partial charge in [0.1, 0.15) is 0 Å². The van der Waals surface area contributed by atoms with Gasteiger partial charge in [0.25, 0.3) is 0 Å². The number of hydrogen-bond donors (Lipinski definition) is 0. The second kappa shape index (κ2) is 8.42. The average molecular weight is 292 g/mol. The molecule has 1 aromatic rings. The molecule has 5 heteroatoms. The van der Waals surface area contributed by atoms with Crippen LogP contribution in [0.4, 0.5) is 0 Å². The Morgan fingerprint density at radius 1 is 1.19 bits per heavy atom. The second-order valence-electron chi connectivity index (χ2n) is 5.15. The maximum atomic E-state index is 11.9. The summed E-state index contributed by atoms with van der Waals surface area (Å²) in [6, 6.07) is 7.35. The Hall–Kier alpha value is -1.88. The van der Waals surface area contributed by atoms with Crippen molar-refractivity contribution in [1.82, 2.24) is 9.80 Å². The topological polar surface area (TPSA) is 49.9 Å². The summed E-state index contributed by atoms with van der Waals surface area (Å²) >= 11 is 0. The predicted octanol–water partition coefficient (Wildman–Crippen LogP) is 1.77. The molecule has 0 unspecified atom stereocenters. The van der Waals surface area contributed by atoms with Crippen molar-refractivity contribution in [2.24, 2.45) is 0 Å². The smallest absolute Gasteiger partial charge is 0.338 e. The zero-order valence-corrected chi connectivity index (χ0v) is 13.3. The molecule has 0 saturated carbocycles. The Labute approximate surface area is 126 Å². The third kappa shape index (κ3) is 5.19. The van der Waals surface area contributed by atoms with E-state index in [-0.39, 0.29) is 11.9 Å². The molecule has 0 aliphatic rings. The highest BCUT2D eigenvalue weighted by molar-refractivity contribution is 5.91. The fourth-order valence-electron chi connectivity index (χ4n) is 2.07. The highest BCUT2D eigenvalue weighted by Gasteiger charge is 2.16. The van der Waals surface area contributed by atoms with Crippen LogP contribution in [0.2, 0.25) is 0 Å². The summed E-state index contributed by atoms with van der Waals surface area (Å²) in [4.78, 5) is 27.3.